The number of ether oxygens (including phenoxy) is 1. The zero-order chi connectivity index (χ0) is 8.81. The summed E-state index contributed by atoms with van der Waals surface area (Å²) in [5, 5.41) is 1.62. The van der Waals surface area contributed by atoms with E-state index in [-0.39, 0.29) is 5.97 Å². The fourth-order valence-corrected chi connectivity index (χ4v) is 0.932. The number of allylic oxidation sites excluding steroid dienone is 1. The summed E-state index contributed by atoms with van der Waals surface area (Å²) < 4.78 is 5.09. The maximum absolute atomic E-state index is 10.9. The van der Waals surface area contributed by atoms with Crippen LogP contribution in [-0.4, -0.2) is 37.3 Å². The van der Waals surface area contributed by atoms with Crippen molar-refractivity contribution < 1.29 is 14.4 Å². The van der Waals surface area contributed by atoms with Crippen molar-refractivity contribution >= 4 is 5.97 Å². The molecule has 0 bridgehead atoms. The van der Waals surface area contributed by atoms with Crippen LogP contribution in [0.3, 0.4) is 0 Å². The van der Waals surface area contributed by atoms with Crippen molar-refractivity contribution in [2.45, 2.75) is 6.92 Å². The van der Waals surface area contributed by atoms with Gasteiger partial charge in [0.15, 0.2) is 0 Å². The van der Waals surface area contributed by atoms with Crippen LogP contribution in [0, 0.1) is 0 Å². The minimum absolute atomic E-state index is 0.320. The van der Waals surface area contributed by atoms with E-state index in [1.807, 2.05) is 0 Å². The molecule has 4 nitrogen and oxygen atoms in total. The molecule has 0 spiro atoms. The molecule has 0 aliphatic carbocycles. The Morgan fingerprint density at radius 1 is 1.50 bits per heavy atom. The molecule has 0 aromatic carbocycles. The van der Waals surface area contributed by atoms with Gasteiger partial charge in [-0.15, -0.1) is 5.06 Å². The molecule has 1 aliphatic heterocycles. The van der Waals surface area contributed by atoms with Crippen LogP contribution in [-0.2, 0) is 14.4 Å². The summed E-state index contributed by atoms with van der Waals surface area (Å²) in [6.07, 6.45) is 3.05. The van der Waals surface area contributed by atoms with Gasteiger partial charge in [-0.25, -0.2) is 4.79 Å². The molecule has 1 rings (SSSR count). The third kappa shape index (κ3) is 3.02. The summed E-state index contributed by atoms with van der Waals surface area (Å²) in [7, 11) is 0. The first-order valence-electron chi connectivity index (χ1n) is 4.00. The monoisotopic (exact) mass is 171 g/mol. The number of rotatable bonds is 2. The van der Waals surface area contributed by atoms with E-state index >= 15 is 0 Å². The van der Waals surface area contributed by atoms with Gasteiger partial charge in [0, 0.05) is 6.08 Å². The van der Waals surface area contributed by atoms with Gasteiger partial charge in [-0.3, -0.25) is 0 Å². The summed E-state index contributed by atoms with van der Waals surface area (Å²) in [5.74, 6) is -0.320. The summed E-state index contributed by atoms with van der Waals surface area (Å²) >= 11 is 0. The second-order valence-corrected chi connectivity index (χ2v) is 2.45. The quantitative estimate of drug-likeness (QED) is 0.562. The highest BCUT2D eigenvalue weighted by molar-refractivity contribution is 5.81. The Morgan fingerprint density at radius 2 is 2.17 bits per heavy atom. The topological polar surface area (TPSA) is 38.8 Å². The predicted octanol–water partition coefficient (Wildman–Crippen LogP) is 0.353. The lowest BCUT2D eigenvalue weighted by Gasteiger charge is -2.24. The van der Waals surface area contributed by atoms with Gasteiger partial charge in [0.1, 0.15) is 0 Å². The van der Waals surface area contributed by atoms with Gasteiger partial charge in [-0.2, -0.15) is 0 Å². The van der Waals surface area contributed by atoms with Gasteiger partial charge in [0.25, 0.3) is 0 Å². The molecule has 12 heavy (non-hydrogen) atoms. The van der Waals surface area contributed by atoms with Crippen LogP contribution in [0.1, 0.15) is 6.92 Å². The Labute approximate surface area is 71.7 Å². The summed E-state index contributed by atoms with van der Waals surface area (Å²) in [5.41, 5.74) is 0. The number of hydrogen-bond acceptors (Lipinski definition) is 4. The molecule has 1 aliphatic rings. The number of hydroxylamine groups is 2. The maximum Gasteiger partial charge on any atom is 0.349 e. The first kappa shape index (κ1) is 9.22. The highest BCUT2D eigenvalue weighted by Gasteiger charge is 2.13. The van der Waals surface area contributed by atoms with E-state index in [1.54, 1.807) is 18.1 Å². The van der Waals surface area contributed by atoms with Gasteiger partial charge in [-0.1, -0.05) is 6.08 Å². The van der Waals surface area contributed by atoms with Crippen molar-refractivity contribution in [3.8, 4) is 0 Å². The molecule has 0 saturated carbocycles. The van der Waals surface area contributed by atoms with Crippen LogP contribution >= 0.6 is 0 Å². The van der Waals surface area contributed by atoms with Crippen molar-refractivity contribution in [2.24, 2.45) is 0 Å². The second kappa shape index (κ2) is 4.90. The zero-order valence-corrected chi connectivity index (χ0v) is 7.16. The second-order valence-electron chi connectivity index (χ2n) is 2.45. The third-order valence-corrected chi connectivity index (χ3v) is 1.49. The van der Waals surface area contributed by atoms with Gasteiger partial charge in [0.2, 0.25) is 0 Å². The maximum atomic E-state index is 10.9. The molecule has 1 heterocycles. The third-order valence-electron chi connectivity index (χ3n) is 1.49. The smallest absolute Gasteiger partial charge is 0.349 e. The van der Waals surface area contributed by atoms with Crippen LogP contribution in [0.25, 0.3) is 0 Å². The SMILES string of the molecule is CC=CC(=O)ON1CCOCC1. The first-order valence-corrected chi connectivity index (χ1v) is 4.00. The van der Waals surface area contributed by atoms with Crippen LogP contribution in [0.2, 0.25) is 0 Å². The molecule has 0 radical (unpaired) electrons. The number of nitrogens with zero attached hydrogens (tertiary/aromatic N) is 1. The van der Waals surface area contributed by atoms with Crippen LogP contribution in [0.15, 0.2) is 12.2 Å². The number of hydrogen-bond donors (Lipinski definition) is 0. The van der Waals surface area contributed by atoms with E-state index in [1.165, 1.54) is 6.08 Å². The minimum atomic E-state index is -0.320. The molecule has 0 unspecified atom stereocenters. The molecule has 4 heteroatoms. The van der Waals surface area contributed by atoms with Crippen LogP contribution < -0.4 is 0 Å². The van der Waals surface area contributed by atoms with E-state index < -0.39 is 0 Å². The van der Waals surface area contributed by atoms with E-state index in [9.17, 15) is 4.79 Å². The molecule has 0 aromatic heterocycles. The fourth-order valence-electron chi connectivity index (χ4n) is 0.932. The fraction of sp³-hybridized carbons (Fsp3) is 0.625. The molecule has 1 saturated heterocycles. The van der Waals surface area contributed by atoms with Gasteiger partial charge >= 0.3 is 5.97 Å². The van der Waals surface area contributed by atoms with Crippen molar-refractivity contribution in [1.29, 1.82) is 0 Å². The molecule has 1 fully saturated rings. The van der Waals surface area contributed by atoms with Crippen molar-refractivity contribution in [3.63, 3.8) is 0 Å². The highest BCUT2D eigenvalue weighted by Crippen LogP contribution is 1.98. The van der Waals surface area contributed by atoms with Crippen LogP contribution in [0.5, 0.6) is 0 Å². The molecule has 0 aromatic rings. The number of carbonyl (C=O) groups excluding carboxylic acids is 1. The van der Waals surface area contributed by atoms with Gasteiger partial charge < -0.3 is 9.57 Å². The standard InChI is InChI=1S/C8H13NO3/c1-2-3-8(10)12-9-4-6-11-7-5-9/h2-3H,4-7H2,1H3. The van der Waals surface area contributed by atoms with E-state index in [0.717, 1.165) is 0 Å². The van der Waals surface area contributed by atoms with E-state index in [4.69, 9.17) is 9.57 Å². The van der Waals surface area contributed by atoms with Crippen molar-refractivity contribution in [2.75, 3.05) is 26.3 Å². The molecular weight excluding hydrogens is 158 g/mol. The Hall–Kier alpha value is -0.870. The Bertz CT molecular complexity index is 173. The lowest BCUT2D eigenvalue weighted by molar-refractivity contribution is -0.199. The first-order chi connectivity index (χ1) is 5.83. The summed E-state index contributed by atoms with van der Waals surface area (Å²) in [4.78, 5) is 15.9. The van der Waals surface area contributed by atoms with Crippen molar-refractivity contribution in [3.05, 3.63) is 12.2 Å². The Morgan fingerprint density at radius 3 is 2.75 bits per heavy atom. The summed E-state index contributed by atoms with van der Waals surface area (Å²) in [6.45, 7) is 4.35. The van der Waals surface area contributed by atoms with E-state index in [2.05, 4.69) is 0 Å². The molecule has 0 N–H and O–H groups in total. The van der Waals surface area contributed by atoms with E-state index in [0.29, 0.717) is 26.3 Å². The van der Waals surface area contributed by atoms with Gasteiger partial charge in [0.05, 0.1) is 26.3 Å². The lowest BCUT2D eigenvalue weighted by atomic mass is 10.5. The van der Waals surface area contributed by atoms with Crippen LogP contribution in [0.4, 0.5) is 0 Å². The van der Waals surface area contributed by atoms with Gasteiger partial charge in [-0.05, 0) is 6.92 Å². The zero-order valence-electron chi connectivity index (χ0n) is 7.16. The molecular formula is C8H13NO3. The number of morpholine rings is 1. The minimum Gasteiger partial charge on any atom is -0.379 e. The average molecular weight is 171 g/mol. The Balaban J connectivity index is 2.24. The molecule has 0 amide bonds. The molecule has 0 atom stereocenters. The summed E-state index contributed by atoms with van der Waals surface area (Å²) in [6, 6.07) is 0. The molecule has 68 valence electrons. The predicted molar refractivity (Wildman–Crippen MR) is 43.3 cm³/mol. The Kier molecular flexibility index (Phi) is 3.76. The van der Waals surface area contributed by atoms with Crippen molar-refractivity contribution in [1.82, 2.24) is 5.06 Å². The normalized spacial score (nSPS) is 19.8. The number of carbonyl (C=O) groups is 1. The highest BCUT2D eigenvalue weighted by atomic mass is 16.7. The lowest BCUT2D eigenvalue weighted by Crippen LogP contribution is -2.37. The largest absolute Gasteiger partial charge is 0.379 e. The average Bonchev–Trinajstić information content (AvgIpc) is 2.06.